The van der Waals surface area contributed by atoms with E-state index in [1.54, 1.807) is 0 Å². The Balaban J connectivity index is 0. The quantitative estimate of drug-likeness (QED) is 0.0153. The molecule has 9 unspecified atom stereocenters. The van der Waals surface area contributed by atoms with Crippen molar-refractivity contribution in [3.63, 3.8) is 0 Å². The molecule has 24 nitrogen and oxygen atoms in total. The minimum atomic E-state index is -0.912. The van der Waals surface area contributed by atoms with Crippen LogP contribution in [0.25, 0.3) is 0 Å². The molecule has 0 aliphatic carbocycles. The number of carbonyl (C=O) groups is 6. The summed E-state index contributed by atoms with van der Waals surface area (Å²) in [4.78, 5) is 74.8. The lowest BCUT2D eigenvalue weighted by Gasteiger charge is -2.18. The van der Waals surface area contributed by atoms with Crippen LogP contribution in [0.1, 0.15) is 373 Å². The molecule has 0 aromatic carbocycles. The van der Waals surface area contributed by atoms with Gasteiger partial charge in [-0.3, -0.25) is 28.8 Å². The standard InChI is InChI=1S/C49H94O12.C33H62O12/c1-3-5-7-9-15-23-31-43(52)45(54)33-25-17-12-20-28-36-48(57)60-40-42(39-59-47(56)35-27-19-11-14-22-30-41(51)38-50)61-49(58)37-29-21-13-18-26-34-46(55)44(53)32-24-16-10-8-6-4-2;34-22-27(37)16-10-4-1-7-13-19-31(40)43-25-30(45-33(42)21-15-9-3-6-12-18-29(39)24-36)26-44-32(41)20-14-8-2-5-11-17-28(38)23-35/h41-46,50-55H,3-40H2,1-2H3;27-30,34-39H,1-26H2. The van der Waals surface area contributed by atoms with Crippen molar-refractivity contribution in [1.82, 2.24) is 0 Å². The van der Waals surface area contributed by atoms with Crippen LogP contribution in [0.4, 0.5) is 0 Å². The molecule has 12 N–H and O–H groups in total. The monoisotopic (exact) mass is 1530 g/mol. The molecule has 0 heterocycles. The van der Waals surface area contributed by atoms with E-state index >= 15 is 0 Å². The Morgan fingerprint density at radius 2 is 0.377 bits per heavy atom. The average molecular weight is 1530 g/mol. The van der Waals surface area contributed by atoms with Crippen LogP contribution in [0.2, 0.25) is 0 Å². The minimum absolute atomic E-state index is 0.183. The number of hydrogen-bond acceptors (Lipinski definition) is 24. The van der Waals surface area contributed by atoms with Crippen molar-refractivity contribution in [2.24, 2.45) is 0 Å². The van der Waals surface area contributed by atoms with Crippen molar-refractivity contribution in [2.45, 2.75) is 434 Å². The molecule has 0 radical (unpaired) electrons. The number of aliphatic hydroxyl groups excluding tert-OH is 12. The predicted octanol–water partition coefficient (Wildman–Crippen LogP) is 12.7. The van der Waals surface area contributed by atoms with Crippen molar-refractivity contribution in [3.8, 4) is 0 Å². The highest BCUT2D eigenvalue weighted by Crippen LogP contribution is 2.20. The minimum Gasteiger partial charge on any atom is -0.462 e. The molecule has 106 heavy (non-hydrogen) atoms. The first-order chi connectivity index (χ1) is 51.2. The lowest BCUT2D eigenvalue weighted by Crippen LogP contribution is -2.30. The fourth-order valence-corrected chi connectivity index (χ4v) is 12.2. The van der Waals surface area contributed by atoms with Gasteiger partial charge in [0.25, 0.3) is 0 Å². The van der Waals surface area contributed by atoms with Crippen LogP contribution >= 0.6 is 0 Å². The predicted molar refractivity (Wildman–Crippen MR) is 410 cm³/mol. The third kappa shape index (κ3) is 73.2. The maximum Gasteiger partial charge on any atom is 0.306 e. The van der Waals surface area contributed by atoms with E-state index in [0.29, 0.717) is 89.9 Å². The molecule has 0 fully saturated rings. The van der Waals surface area contributed by atoms with E-state index in [9.17, 15) is 69.6 Å². The van der Waals surface area contributed by atoms with Gasteiger partial charge >= 0.3 is 35.8 Å². The number of aliphatic hydroxyl groups is 12. The molecule has 0 saturated carbocycles. The lowest BCUT2D eigenvalue weighted by atomic mass is 9.99. The zero-order valence-electron chi connectivity index (χ0n) is 66.3. The van der Waals surface area contributed by atoms with Gasteiger partial charge in [0.2, 0.25) is 0 Å². The smallest absolute Gasteiger partial charge is 0.306 e. The fourth-order valence-electron chi connectivity index (χ4n) is 12.2. The largest absolute Gasteiger partial charge is 0.462 e. The summed E-state index contributed by atoms with van der Waals surface area (Å²) < 4.78 is 32.6. The number of hydrogen-bond donors (Lipinski definition) is 12. The first-order valence-electron chi connectivity index (χ1n) is 42.1. The Hall–Kier alpha value is -3.66. The number of unbranched alkanes of at least 4 members (excludes halogenated alkanes) is 34. The van der Waals surface area contributed by atoms with Crippen LogP contribution in [0.15, 0.2) is 0 Å². The highest BCUT2D eigenvalue weighted by molar-refractivity contribution is 5.72. The molecule has 0 spiro atoms. The molecule has 0 aliphatic heterocycles. The molecule has 0 saturated heterocycles. The Kier molecular flexibility index (Phi) is 76.9. The lowest BCUT2D eigenvalue weighted by molar-refractivity contribution is -0.167. The third-order valence-corrected chi connectivity index (χ3v) is 19.2. The highest BCUT2D eigenvalue weighted by atomic mass is 16.6. The Morgan fingerprint density at radius 1 is 0.217 bits per heavy atom. The van der Waals surface area contributed by atoms with Gasteiger partial charge in [0.05, 0.1) is 75.3 Å². The molecule has 628 valence electrons. The van der Waals surface area contributed by atoms with Crippen molar-refractivity contribution < 1.29 is 118 Å². The maximum absolute atomic E-state index is 12.8. The van der Waals surface area contributed by atoms with E-state index in [0.717, 1.165) is 180 Å². The number of rotatable bonds is 78. The van der Waals surface area contributed by atoms with Crippen molar-refractivity contribution in [3.05, 3.63) is 0 Å². The molecule has 0 amide bonds. The van der Waals surface area contributed by atoms with Crippen LogP contribution in [-0.4, -0.2) is 211 Å². The summed E-state index contributed by atoms with van der Waals surface area (Å²) in [5, 5.41) is 114. The summed E-state index contributed by atoms with van der Waals surface area (Å²) in [6, 6.07) is 0. The normalized spacial score (nSPS) is 14.3. The van der Waals surface area contributed by atoms with Gasteiger partial charge in [-0.1, -0.05) is 245 Å². The van der Waals surface area contributed by atoms with Crippen molar-refractivity contribution >= 4 is 35.8 Å². The topological polar surface area (TPSA) is 401 Å². The molecule has 0 aliphatic rings. The molecule has 0 aromatic rings. The van der Waals surface area contributed by atoms with E-state index in [-0.39, 0.29) is 91.4 Å². The number of esters is 6. The SMILES string of the molecule is CCCCCCCCC(O)C(O)CCCCCCCC(=O)OCC(COC(=O)CCCCCCCC(O)CO)OC(=O)CCCCCCCC(O)C(O)CCCCCCCC.O=C(CCCCCCCC(O)CO)OCC(COC(=O)CCCCCCCC(O)CO)OC(=O)CCCCCCCC(O)CO. The van der Waals surface area contributed by atoms with Gasteiger partial charge in [-0.15, -0.1) is 0 Å². The van der Waals surface area contributed by atoms with Gasteiger partial charge in [-0.05, 0) is 89.9 Å². The fraction of sp³-hybridized carbons (Fsp3) is 0.927. The molecular weight excluding hydrogens is 1370 g/mol. The second-order valence-electron chi connectivity index (χ2n) is 29.5. The van der Waals surface area contributed by atoms with Crippen molar-refractivity contribution in [1.29, 1.82) is 0 Å². The van der Waals surface area contributed by atoms with Crippen LogP contribution in [-0.2, 0) is 57.2 Å². The Labute approximate surface area is 638 Å². The van der Waals surface area contributed by atoms with Gasteiger partial charge < -0.3 is 89.7 Å². The summed E-state index contributed by atoms with van der Waals surface area (Å²) in [6.07, 6.45) is 36.7. The summed E-state index contributed by atoms with van der Waals surface area (Å²) in [6.45, 7) is 2.61. The van der Waals surface area contributed by atoms with Crippen LogP contribution in [0, 0.1) is 0 Å². The van der Waals surface area contributed by atoms with E-state index in [2.05, 4.69) is 13.8 Å². The van der Waals surface area contributed by atoms with Gasteiger partial charge in [0, 0.05) is 38.5 Å². The average Bonchev–Trinajstić information content (AvgIpc) is 1.05. The van der Waals surface area contributed by atoms with Gasteiger partial charge in [0.15, 0.2) is 12.2 Å². The number of carbonyl (C=O) groups excluding carboxylic acids is 6. The maximum atomic E-state index is 12.8. The Bertz CT molecular complexity index is 1950. The third-order valence-electron chi connectivity index (χ3n) is 19.2. The summed E-state index contributed by atoms with van der Waals surface area (Å²) in [7, 11) is 0. The van der Waals surface area contributed by atoms with E-state index in [1.165, 1.54) is 51.4 Å². The van der Waals surface area contributed by atoms with Gasteiger partial charge in [-0.2, -0.15) is 0 Å². The van der Waals surface area contributed by atoms with E-state index in [4.69, 9.17) is 48.8 Å². The molecule has 24 heteroatoms. The zero-order valence-corrected chi connectivity index (χ0v) is 66.3. The summed E-state index contributed by atoms with van der Waals surface area (Å²) >= 11 is 0. The van der Waals surface area contributed by atoms with Gasteiger partial charge in [0.1, 0.15) is 26.4 Å². The first kappa shape index (κ1) is 104. The van der Waals surface area contributed by atoms with Gasteiger partial charge in [-0.25, -0.2) is 0 Å². The number of ether oxygens (including phenoxy) is 6. The second-order valence-corrected chi connectivity index (χ2v) is 29.5. The second kappa shape index (κ2) is 78.0. The first-order valence-corrected chi connectivity index (χ1v) is 42.1. The highest BCUT2D eigenvalue weighted by Gasteiger charge is 2.23. The Morgan fingerprint density at radius 3 is 0.566 bits per heavy atom. The molecule has 9 atom stereocenters. The van der Waals surface area contributed by atoms with Crippen LogP contribution in [0.5, 0.6) is 0 Å². The molecule has 0 bridgehead atoms. The molecule has 0 rings (SSSR count). The van der Waals surface area contributed by atoms with Crippen LogP contribution in [0.3, 0.4) is 0 Å². The summed E-state index contributed by atoms with van der Waals surface area (Å²) in [5.74, 6) is -2.57. The molecule has 0 aromatic heterocycles. The summed E-state index contributed by atoms with van der Waals surface area (Å²) in [5.41, 5.74) is 0. The molecular formula is C82H156O24. The van der Waals surface area contributed by atoms with Crippen LogP contribution < -0.4 is 0 Å². The van der Waals surface area contributed by atoms with Crippen molar-refractivity contribution in [2.75, 3.05) is 52.9 Å². The van der Waals surface area contributed by atoms with E-state index < -0.39 is 96.9 Å². The van der Waals surface area contributed by atoms with E-state index in [1.807, 2.05) is 0 Å². The zero-order chi connectivity index (χ0) is 78.7.